The fourth-order valence-electron chi connectivity index (χ4n) is 1.59. The molecule has 1 aromatic rings. The molecule has 106 valence electrons. The van der Waals surface area contributed by atoms with E-state index in [9.17, 15) is 14.0 Å². The lowest BCUT2D eigenvalue weighted by atomic mass is 10.1. The lowest BCUT2D eigenvalue weighted by Crippen LogP contribution is -2.44. The van der Waals surface area contributed by atoms with Crippen LogP contribution < -0.4 is 11.1 Å². The van der Waals surface area contributed by atoms with E-state index in [0.717, 1.165) is 4.47 Å². The van der Waals surface area contributed by atoms with Crippen LogP contribution in [0.1, 0.15) is 18.4 Å². The zero-order chi connectivity index (χ0) is 15.1. The normalized spacial score (nSPS) is 11.4. The number of amides is 2. The third-order valence-corrected chi connectivity index (χ3v) is 3.40. The van der Waals surface area contributed by atoms with Gasteiger partial charge in [-0.15, -0.1) is 12.3 Å². The first-order valence-corrected chi connectivity index (χ1v) is 6.69. The average molecular weight is 341 g/mol. The average Bonchev–Trinajstić information content (AvgIpc) is 2.39. The second-order valence-corrected chi connectivity index (χ2v) is 5.02. The summed E-state index contributed by atoms with van der Waals surface area (Å²) in [6.07, 6.45) is 5.58. The summed E-state index contributed by atoms with van der Waals surface area (Å²) in [5.74, 6) is 0.864. The Balaban J connectivity index is 2.57. The monoisotopic (exact) mass is 340 g/mol. The van der Waals surface area contributed by atoms with Gasteiger partial charge >= 0.3 is 0 Å². The van der Waals surface area contributed by atoms with Crippen molar-refractivity contribution in [1.29, 1.82) is 0 Å². The number of nitrogens with two attached hydrogens (primary N) is 1. The molecule has 1 atom stereocenters. The molecule has 1 unspecified atom stereocenters. The highest BCUT2D eigenvalue weighted by Gasteiger charge is 2.16. The molecule has 0 saturated heterocycles. The molecule has 0 aliphatic carbocycles. The van der Waals surface area contributed by atoms with Crippen LogP contribution in [-0.2, 0) is 16.0 Å². The van der Waals surface area contributed by atoms with Gasteiger partial charge in [0.1, 0.15) is 11.9 Å². The molecule has 0 spiro atoms. The number of aryl methyl sites for hydroxylation is 1. The van der Waals surface area contributed by atoms with Crippen molar-refractivity contribution in [3.63, 3.8) is 0 Å². The van der Waals surface area contributed by atoms with Crippen molar-refractivity contribution < 1.29 is 14.0 Å². The van der Waals surface area contributed by atoms with Gasteiger partial charge in [0.2, 0.25) is 11.8 Å². The second-order valence-electron chi connectivity index (χ2n) is 4.17. The summed E-state index contributed by atoms with van der Waals surface area (Å²) in [7, 11) is 0. The minimum absolute atomic E-state index is 0.0464. The topological polar surface area (TPSA) is 72.2 Å². The van der Waals surface area contributed by atoms with Crippen LogP contribution in [0.4, 0.5) is 4.39 Å². The molecule has 2 amide bonds. The molecule has 0 bridgehead atoms. The lowest BCUT2D eigenvalue weighted by molar-refractivity contribution is -0.127. The Bertz CT molecular complexity index is 555. The number of nitrogens with one attached hydrogen (secondary N) is 1. The Labute approximate surface area is 125 Å². The summed E-state index contributed by atoms with van der Waals surface area (Å²) in [5, 5.41) is 2.46. The maximum absolute atomic E-state index is 13.1. The number of terminal acetylenes is 1. The van der Waals surface area contributed by atoms with Crippen LogP contribution in [0, 0.1) is 18.2 Å². The number of benzene rings is 1. The summed E-state index contributed by atoms with van der Waals surface area (Å²) < 4.78 is 13.8. The molecule has 1 aromatic carbocycles. The quantitative estimate of drug-likeness (QED) is 0.770. The molecule has 0 saturated carbocycles. The van der Waals surface area contributed by atoms with Crippen LogP contribution in [0.2, 0.25) is 0 Å². The van der Waals surface area contributed by atoms with E-state index < -0.39 is 11.9 Å². The molecule has 0 aromatic heterocycles. The fourth-order valence-corrected chi connectivity index (χ4v) is 2.04. The first kappa shape index (κ1) is 16.2. The van der Waals surface area contributed by atoms with Gasteiger partial charge in [0.25, 0.3) is 0 Å². The number of carbonyl (C=O) groups is 2. The summed E-state index contributed by atoms with van der Waals surface area (Å²) in [6.45, 7) is 0. The molecule has 0 aliphatic heterocycles. The van der Waals surface area contributed by atoms with E-state index in [-0.39, 0.29) is 24.6 Å². The Morgan fingerprint density at radius 3 is 2.80 bits per heavy atom. The molecular weight excluding hydrogens is 327 g/mol. The lowest BCUT2D eigenvalue weighted by Gasteiger charge is -2.13. The zero-order valence-corrected chi connectivity index (χ0v) is 12.2. The number of hydrogen-bond donors (Lipinski definition) is 2. The van der Waals surface area contributed by atoms with Crippen LogP contribution >= 0.6 is 15.9 Å². The smallest absolute Gasteiger partial charge is 0.240 e. The predicted octanol–water partition coefficient (Wildman–Crippen LogP) is 1.51. The van der Waals surface area contributed by atoms with Gasteiger partial charge in [-0.25, -0.2) is 4.39 Å². The third kappa shape index (κ3) is 5.02. The molecule has 0 aliphatic rings. The summed E-state index contributed by atoms with van der Waals surface area (Å²) in [6, 6.07) is 3.38. The highest BCUT2D eigenvalue weighted by atomic mass is 79.9. The molecule has 0 fully saturated rings. The standard InChI is InChI=1S/C14H14BrFN2O2/c1-2-3-12(14(17)20)18-13(19)7-4-9-8-10(16)5-6-11(9)15/h1,5-6,8,12H,3-4,7H2,(H2,17,20)(H,18,19). The van der Waals surface area contributed by atoms with Gasteiger partial charge in [-0.1, -0.05) is 15.9 Å². The van der Waals surface area contributed by atoms with Crippen molar-refractivity contribution in [3.05, 3.63) is 34.1 Å². The van der Waals surface area contributed by atoms with Crippen LogP contribution in [0.3, 0.4) is 0 Å². The van der Waals surface area contributed by atoms with Crippen LogP contribution in [0.5, 0.6) is 0 Å². The molecule has 4 nitrogen and oxygen atoms in total. The van der Waals surface area contributed by atoms with E-state index in [4.69, 9.17) is 12.2 Å². The maximum Gasteiger partial charge on any atom is 0.240 e. The van der Waals surface area contributed by atoms with Gasteiger partial charge in [0.15, 0.2) is 0 Å². The van der Waals surface area contributed by atoms with Gasteiger partial charge in [0.05, 0.1) is 0 Å². The van der Waals surface area contributed by atoms with Crippen molar-refractivity contribution in [1.82, 2.24) is 5.32 Å². The van der Waals surface area contributed by atoms with Crippen molar-refractivity contribution in [3.8, 4) is 12.3 Å². The van der Waals surface area contributed by atoms with E-state index in [0.29, 0.717) is 12.0 Å². The second kappa shape index (κ2) is 7.65. The largest absolute Gasteiger partial charge is 0.368 e. The van der Waals surface area contributed by atoms with E-state index >= 15 is 0 Å². The van der Waals surface area contributed by atoms with Gasteiger partial charge in [-0.2, -0.15) is 0 Å². The Kier molecular flexibility index (Phi) is 6.19. The molecule has 0 heterocycles. The Morgan fingerprint density at radius 1 is 1.50 bits per heavy atom. The van der Waals surface area contributed by atoms with Gasteiger partial charge in [0, 0.05) is 17.3 Å². The van der Waals surface area contributed by atoms with Crippen LogP contribution in [0.25, 0.3) is 0 Å². The van der Waals surface area contributed by atoms with Crippen molar-refractivity contribution in [2.24, 2.45) is 5.73 Å². The number of carbonyl (C=O) groups excluding carboxylic acids is 2. The minimum Gasteiger partial charge on any atom is -0.368 e. The van der Waals surface area contributed by atoms with Crippen molar-refractivity contribution >= 4 is 27.7 Å². The third-order valence-electron chi connectivity index (χ3n) is 2.63. The molecule has 3 N–H and O–H groups in total. The van der Waals surface area contributed by atoms with Gasteiger partial charge in [-0.05, 0) is 30.2 Å². The molecule has 1 rings (SSSR count). The van der Waals surface area contributed by atoms with E-state index in [1.165, 1.54) is 12.1 Å². The highest BCUT2D eigenvalue weighted by Crippen LogP contribution is 2.19. The first-order chi connectivity index (χ1) is 9.43. The Morgan fingerprint density at radius 2 is 2.20 bits per heavy atom. The number of halogens is 2. The van der Waals surface area contributed by atoms with E-state index in [2.05, 4.69) is 27.2 Å². The predicted molar refractivity (Wildman–Crippen MR) is 77.0 cm³/mol. The highest BCUT2D eigenvalue weighted by molar-refractivity contribution is 9.10. The minimum atomic E-state index is -0.872. The fraction of sp³-hybridized carbons (Fsp3) is 0.286. The molecule has 0 radical (unpaired) electrons. The van der Waals surface area contributed by atoms with Gasteiger partial charge in [-0.3, -0.25) is 9.59 Å². The maximum atomic E-state index is 13.1. The number of hydrogen-bond acceptors (Lipinski definition) is 2. The van der Waals surface area contributed by atoms with Crippen LogP contribution in [-0.4, -0.2) is 17.9 Å². The summed E-state index contributed by atoms with van der Waals surface area (Å²) in [5.41, 5.74) is 5.79. The Hall–Kier alpha value is -1.87. The zero-order valence-electron chi connectivity index (χ0n) is 10.7. The van der Waals surface area contributed by atoms with Crippen molar-refractivity contribution in [2.45, 2.75) is 25.3 Å². The molecule has 20 heavy (non-hydrogen) atoms. The SMILES string of the molecule is C#CCC(NC(=O)CCc1cc(F)ccc1Br)C(N)=O. The number of rotatable bonds is 6. The number of primary amides is 1. The van der Waals surface area contributed by atoms with Crippen LogP contribution in [0.15, 0.2) is 22.7 Å². The van der Waals surface area contributed by atoms with E-state index in [1.807, 2.05) is 0 Å². The first-order valence-electron chi connectivity index (χ1n) is 5.90. The van der Waals surface area contributed by atoms with Crippen molar-refractivity contribution in [2.75, 3.05) is 0 Å². The molecular formula is C14H14BrFN2O2. The van der Waals surface area contributed by atoms with E-state index in [1.54, 1.807) is 6.07 Å². The summed E-state index contributed by atoms with van der Waals surface area (Å²) >= 11 is 3.28. The summed E-state index contributed by atoms with van der Waals surface area (Å²) in [4.78, 5) is 22.8. The molecule has 6 heteroatoms. The van der Waals surface area contributed by atoms with Gasteiger partial charge < -0.3 is 11.1 Å².